The van der Waals surface area contributed by atoms with Crippen LogP contribution in [0.3, 0.4) is 0 Å². The number of hydrogen-bond donors (Lipinski definition) is 1. The number of carbonyl (C=O) groups excluding carboxylic acids is 2. The molecule has 0 saturated heterocycles. The molecule has 6 heteroatoms. The first-order chi connectivity index (χ1) is 7.70. The van der Waals surface area contributed by atoms with Gasteiger partial charge in [-0.15, -0.1) is 0 Å². The van der Waals surface area contributed by atoms with E-state index in [0.717, 1.165) is 0 Å². The molecule has 0 aliphatic carbocycles. The van der Waals surface area contributed by atoms with Crippen LogP contribution in [0.2, 0.25) is 0 Å². The SMILES string of the molecule is CC(C)=NOC(=O)CCNC(=O)OC(C)(C)C. The lowest BCUT2D eigenvalue weighted by Gasteiger charge is -2.19. The molecule has 17 heavy (non-hydrogen) atoms. The molecule has 0 rings (SSSR count). The van der Waals surface area contributed by atoms with Gasteiger partial charge in [-0.1, -0.05) is 5.16 Å². The molecule has 0 aromatic rings. The van der Waals surface area contributed by atoms with Crippen LogP contribution in [0.15, 0.2) is 5.16 Å². The van der Waals surface area contributed by atoms with Crippen LogP contribution in [0.25, 0.3) is 0 Å². The molecule has 0 aliphatic heterocycles. The maximum absolute atomic E-state index is 11.2. The molecular weight excluding hydrogens is 224 g/mol. The lowest BCUT2D eigenvalue weighted by molar-refractivity contribution is -0.143. The number of carbonyl (C=O) groups is 2. The molecule has 0 fully saturated rings. The van der Waals surface area contributed by atoms with Crippen molar-refractivity contribution in [1.29, 1.82) is 0 Å². The summed E-state index contributed by atoms with van der Waals surface area (Å²) in [7, 11) is 0. The summed E-state index contributed by atoms with van der Waals surface area (Å²) in [5, 5.41) is 5.95. The molecule has 0 atom stereocenters. The normalized spacial score (nSPS) is 10.4. The Hall–Kier alpha value is -1.59. The average Bonchev–Trinajstić information content (AvgIpc) is 2.11. The molecule has 0 saturated carbocycles. The second-order valence-corrected chi connectivity index (χ2v) is 4.68. The van der Waals surface area contributed by atoms with Crippen molar-refractivity contribution in [3.8, 4) is 0 Å². The van der Waals surface area contributed by atoms with E-state index in [1.807, 2.05) is 0 Å². The molecule has 0 unspecified atom stereocenters. The average molecular weight is 244 g/mol. The Kier molecular flexibility index (Phi) is 6.23. The van der Waals surface area contributed by atoms with Crippen LogP contribution in [0.5, 0.6) is 0 Å². The molecule has 6 nitrogen and oxygen atoms in total. The van der Waals surface area contributed by atoms with Gasteiger partial charge in [0.2, 0.25) is 0 Å². The highest BCUT2D eigenvalue weighted by Crippen LogP contribution is 2.06. The van der Waals surface area contributed by atoms with Gasteiger partial charge in [0.05, 0.1) is 12.1 Å². The lowest BCUT2D eigenvalue weighted by atomic mass is 10.2. The Morgan fingerprint density at radius 3 is 2.29 bits per heavy atom. The number of hydrogen-bond acceptors (Lipinski definition) is 5. The van der Waals surface area contributed by atoms with E-state index in [0.29, 0.717) is 5.71 Å². The van der Waals surface area contributed by atoms with E-state index < -0.39 is 17.7 Å². The number of nitrogens with zero attached hydrogens (tertiary/aromatic N) is 1. The van der Waals surface area contributed by atoms with Crippen LogP contribution in [-0.2, 0) is 14.4 Å². The molecule has 1 amide bonds. The topological polar surface area (TPSA) is 77.0 Å². The number of rotatable bonds is 4. The summed E-state index contributed by atoms with van der Waals surface area (Å²) >= 11 is 0. The fraction of sp³-hybridized carbons (Fsp3) is 0.727. The van der Waals surface area contributed by atoms with Gasteiger partial charge in [-0.05, 0) is 34.6 Å². The zero-order valence-electron chi connectivity index (χ0n) is 11.0. The minimum atomic E-state index is -0.555. The number of ether oxygens (including phenoxy) is 1. The highest BCUT2D eigenvalue weighted by Gasteiger charge is 2.15. The van der Waals surface area contributed by atoms with Gasteiger partial charge in [0.25, 0.3) is 0 Å². The van der Waals surface area contributed by atoms with E-state index in [9.17, 15) is 9.59 Å². The van der Waals surface area contributed by atoms with Crippen molar-refractivity contribution in [2.45, 2.75) is 46.6 Å². The van der Waals surface area contributed by atoms with Gasteiger partial charge in [0.15, 0.2) is 0 Å². The smallest absolute Gasteiger partial charge is 0.407 e. The summed E-state index contributed by atoms with van der Waals surface area (Å²) in [6, 6.07) is 0. The fourth-order valence-corrected chi connectivity index (χ4v) is 0.769. The number of nitrogens with one attached hydrogen (secondary N) is 1. The van der Waals surface area contributed by atoms with Crippen LogP contribution in [0.4, 0.5) is 4.79 Å². The van der Waals surface area contributed by atoms with Crippen LogP contribution in [0.1, 0.15) is 41.0 Å². The summed E-state index contributed by atoms with van der Waals surface area (Å²) in [6.45, 7) is 8.88. The van der Waals surface area contributed by atoms with Gasteiger partial charge in [0, 0.05) is 6.54 Å². The summed E-state index contributed by atoms with van der Waals surface area (Å²) in [4.78, 5) is 26.8. The molecule has 0 aliphatic rings. The van der Waals surface area contributed by atoms with E-state index in [1.165, 1.54) is 0 Å². The van der Waals surface area contributed by atoms with Gasteiger partial charge in [-0.3, -0.25) is 0 Å². The van der Waals surface area contributed by atoms with Gasteiger partial charge in [-0.25, -0.2) is 9.59 Å². The Labute approximate surface area is 101 Å². The van der Waals surface area contributed by atoms with Crippen molar-refractivity contribution in [3.63, 3.8) is 0 Å². The van der Waals surface area contributed by atoms with E-state index in [1.54, 1.807) is 34.6 Å². The quantitative estimate of drug-likeness (QED) is 0.465. The Morgan fingerprint density at radius 2 is 1.82 bits per heavy atom. The maximum Gasteiger partial charge on any atom is 0.407 e. The fourth-order valence-electron chi connectivity index (χ4n) is 0.769. The van der Waals surface area contributed by atoms with Gasteiger partial charge in [-0.2, -0.15) is 0 Å². The summed E-state index contributed by atoms with van der Waals surface area (Å²) < 4.78 is 4.99. The second kappa shape index (κ2) is 6.88. The zero-order chi connectivity index (χ0) is 13.5. The van der Waals surface area contributed by atoms with Crippen molar-refractivity contribution in [2.75, 3.05) is 6.54 Å². The monoisotopic (exact) mass is 244 g/mol. The third-order valence-electron chi connectivity index (χ3n) is 1.33. The molecule has 98 valence electrons. The number of alkyl carbamates (subject to hydrolysis) is 1. The van der Waals surface area contributed by atoms with E-state index in [4.69, 9.17) is 4.74 Å². The number of amides is 1. The van der Waals surface area contributed by atoms with Gasteiger partial charge >= 0.3 is 12.1 Å². The van der Waals surface area contributed by atoms with Crippen molar-refractivity contribution in [3.05, 3.63) is 0 Å². The summed E-state index contributed by atoms with van der Waals surface area (Å²) in [5.74, 6) is -0.498. The summed E-state index contributed by atoms with van der Waals surface area (Å²) in [6.07, 6.45) is -0.504. The molecular formula is C11H20N2O4. The van der Waals surface area contributed by atoms with Crippen molar-refractivity contribution < 1.29 is 19.2 Å². The largest absolute Gasteiger partial charge is 0.444 e. The molecule has 0 spiro atoms. The Balaban J connectivity index is 3.74. The standard InChI is InChI=1S/C11H20N2O4/c1-8(2)13-17-9(14)6-7-12-10(15)16-11(3,4)5/h6-7H2,1-5H3,(H,12,15). The third kappa shape index (κ3) is 10.7. The maximum atomic E-state index is 11.2. The molecule has 0 aromatic carbocycles. The molecule has 0 aromatic heterocycles. The molecule has 0 radical (unpaired) electrons. The predicted octanol–water partition coefficient (Wildman–Crippen LogP) is 1.84. The van der Waals surface area contributed by atoms with Crippen LogP contribution >= 0.6 is 0 Å². The first-order valence-corrected chi connectivity index (χ1v) is 5.38. The van der Waals surface area contributed by atoms with Crippen molar-refractivity contribution in [2.24, 2.45) is 5.16 Å². The first kappa shape index (κ1) is 15.4. The van der Waals surface area contributed by atoms with Crippen LogP contribution in [-0.4, -0.2) is 29.9 Å². The number of oxime groups is 1. The Morgan fingerprint density at radius 1 is 1.24 bits per heavy atom. The predicted molar refractivity (Wildman–Crippen MR) is 63.7 cm³/mol. The van der Waals surface area contributed by atoms with Gasteiger partial charge in [0.1, 0.15) is 5.60 Å². The van der Waals surface area contributed by atoms with Crippen LogP contribution < -0.4 is 5.32 Å². The van der Waals surface area contributed by atoms with Crippen LogP contribution in [0, 0.1) is 0 Å². The highest BCUT2D eigenvalue weighted by atomic mass is 16.7. The van der Waals surface area contributed by atoms with Crippen molar-refractivity contribution in [1.82, 2.24) is 5.32 Å². The molecule has 1 N–H and O–H groups in total. The summed E-state index contributed by atoms with van der Waals surface area (Å²) in [5.41, 5.74) is 0.104. The second-order valence-electron chi connectivity index (χ2n) is 4.68. The minimum Gasteiger partial charge on any atom is -0.444 e. The molecule has 0 heterocycles. The van der Waals surface area contributed by atoms with E-state index >= 15 is 0 Å². The highest BCUT2D eigenvalue weighted by molar-refractivity contribution is 5.80. The third-order valence-corrected chi connectivity index (χ3v) is 1.33. The van der Waals surface area contributed by atoms with Crippen molar-refractivity contribution >= 4 is 17.8 Å². The van der Waals surface area contributed by atoms with E-state index in [2.05, 4.69) is 15.3 Å². The first-order valence-electron chi connectivity index (χ1n) is 5.38. The minimum absolute atomic E-state index is 0.0516. The Bertz CT molecular complexity index is 301. The zero-order valence-corrected chi connectivity index (χ0v) is 11.0. The van der Waals surface area contributed by atoms with E-state index in [-0.39, 0.29) is 13.0 Å². The van der Waals surface area contributed by atoms with Gasteiger partial charge < -0.3 is 14.9 Å². The lowest BCUT2D eigenvalue weighted by Crippen LogP contribution is -2.33. The molecule has 0 bridgehead atoms.